The molecule has 1 heterocycles. The Morgan fingerprint density at radius 2 is 2.40 bits per heavy atom. The summed E-state index contributed by atoms with van der Waals surface area (Å²) in [6.07, 6.45) is 0.915. The first kappa shape index (κ1) is 11.5. The Kier molecular flexibility index (Phi) is 4.11. The lowest BCUT2D eigenvalue weighted by atomic mass is 10.3. The van der Waals surface area contributed by atoms with Gasteiger partial charge in [-0.25, -0.2) is 0 Å². The Hall–Kier alpha value is -1.56. The van der Waals surface area contributed by atoms with Crippen LogP contribution in [0.4, 0.5) is 0 Å². The molecule has 15 heavy (non-hydrogen) atoms. The normalized spacial score (nSPS) is 11.4. The van der Waals surface area contributed by atoms with Crippen LogP contribution in [-0.2, 0) is 6.42 Å². The van der Waals surface area contributed by atoms with E-state index < -0.39 is 0 Å². The first-order valence-electron chi connectivity index (χ1n) is 4.50. The van der Waals surface area contributed by atoms with Crippen molar-refractivity contribution in [3.05, 3.63) is 21.9 Å². The van der Waals surface area contributed by atoms with Crippen molar-refractivity contribution in [3.63, 3.8) is 0 Å². The fraction of sp³-hybridized carbons (Fsp3) is 0.333. The van der Waals surface area contributed by atoms with Gasteiger partial charge in [-0.05, 0) is 18.6 Å². The minimum Gasteiger partial charge on any atom is -0.409 e. The molecule has 0 aliphatic carbocycles. The maximum atomic E-state index is 11.5. The van der Waals surface area contributed by atoms with Crippen molar-refractivity contribution >= 4 is 23.1 Å². The average molecular weight is 227 g/mol. The van der Waals surface area contributed by atoms with Crippen molar-refractivity contribution in [2.45, 2.75) is 13.3 Å². The van der Waals surface area contributed by atoms with Gasteiger partial charge in [-0.1, -0.05) is 12.1 Å². The number of thiophene rings is 1. The number of nitrogens with two attached hydrogens (primary N) is 1. The number of amidine groups is 1. The van der Waals surface area contributed by atoms with Crippen LogP contribution in [-0.4, -0.2) is 23.5 Å². The molecule has 0 saturated carbocycles. The van der Waals surface area contributed by atoms with Crippen LogP contribution in [0, 0.1) is 0 Å². The van der Waals surface area contributed by atoms with Gasteiger partial charge < -0.3 is 16.3 Å². The van der Waals surface area contributed by atoms with Gasteiger partial charge >= 0.3 is 0 Å². The molecule has 1 rings (SSSR count). The second-order valence-electron chi connectivity index (χ2n) is 2.89. The summed E-state index contributed by atoms with van der Waals surface area (Å²) in [4.78, 5) is 13.3. The predicted octanol–water partition coefficient (Wildman–Crippen LogP) is 0.787. The number of hydrogen-bond acceptors (Lipinski definition) is 4. The maximum Gasteiger partial charge on any atom is 0.261 e. The molecule has 0 atom stereocenters. The standard InChI is InChI=1S/C9H13N3O2S/c1-2-6-3-4-7(15-6)9(13)11-5-8(10)12-14/h3-4,14H,2,5H2,1H3,(H2,10,12)(H,11,13). The van der Waals surface area contributed by atoms with Crippen molar-refractivity contribution in [2.24, 2.45) is 10.9 Å². The molecule has 0 saturated heterocycles. The molecule has 0 fully saturated rings. The molecule has 5 nitrogen and oxygen atoms in total. The van der Waals surface area contributed by atoms with Gasteiger partial charge in [-0.2, -0.15) is 0 Å². The van der Waals surface area contributed by atoms with Gasteiger partial charge in [0.05, 0.1) is 11.4 Å². The second-order valence-corrected chi connectivity index (χ2v) is 4.06. The van der Waals surface area contributed by atoms with Gasteiger partial charge in [0.25, 0.3) is 5.91 Å². The van der Waals surface area contributed by atoms with Gasteiger partial charge in [0, 0.05) is 4.88 Å². The first-order chi connectivity index (χ1) is 7.17. The van der Waals surface area contributed by atoms with E-state index in [1.54, 1.807) is 6.07 Å². The highest BCUT2D eigenvalue weighted by atomic mass is 32.1. The molecule has 0 aliphatic rings. The number of oxime groups is 1. The minimum absolute atomic E-state index is 0.0179. The molecule has 0 bridgehead atoms. The van der Waals surface area contributed by atoms with E-state index >= 15 is 0 Å². The van der Waals surface area contributed by atoms with Crippen molar-refractivity contribution < 1.29 is 10.0 Å². The first-order valence-corrected chi connectivity index (χ1v) is 5.32. The average Bonchev–Trinajstić information content (AvgIpc) is 2.73. The highest BCUT2D eigenvalue weighted by molar-refractivity contribution is 7.14. The summed E-state index contributed by atoms with van der Waals surface area (Å²) >= 11 is 1.45. The van der Waals surface area contributed by atoms with Crippen LogP contribution in [0.5, 0.6) is 0 Å². The van der Waals surface area contributed by atoms with Crippen molar-refractivity contribution in [3.8, 4) is 0 Å². The van der Waals surface area contributed by atoms with Crippen LogP contribution >= 0.6 is 11.3 Å². The van der Waals surface area contributed by atoms with E-state index in [0.29, 0.717) is 4.88 Å². The number of rotatable bonds is 4. The van der Waals surface area contributed by atoms with Crippen molar-refractivity contribution in [2.75, 3.05) is 6.54 Å². The number of carbonyl (C=O) groups is 1. The Labute approximate surface area is 91.6 Å². The summed E-state index contributed by atoms with van der Waals surface area (Å²) in [6.45, 7) is 2.08. The number of carbonyl (C=O) groups excluding carboxylic acids is 1. The van der Waals surface area contributed by atoms with E-state index in [2.05, 4.69) is 10.5 Å². The monoisotopic (exact) mass is 227 g/mol. The fourth-order valence-corrected chi connectivity index (χ4v) is 1.85. The van der Waals surface area contributed by atoms with Crippen molar-refractivity contribution in [1.82, 2.24) is 5.32 Å². The van der Waals surface area contributed by atoms with E-state index in [1.807, 2.05) is 13.0 Å². The summed E-state index contributed by atoms with van der Waals surface area (Å²) in [6, 6.07) is 3.69. The van der Waals surface area contributed by atoms with Gasteiger partial charge in [-0.15, -0.1) is 11.3 Å². The number of nitrogens with zero attached hydrogens (tertiary/aromatic N) is 1. The van der Waals surface area contributed by atoms with Gasteiger partial charge in [-0.3, -0.25) is 4.79 Å². The van der Waals surface area contributed by atoms with Crippen molar-refractivity contribution in [1.29, 1.82) is 0 Å². The molecule has 1 aromatic heterocycles. The summed E-state index contributed by atoms with van der Waals surface area (Å²) in [5.74, 6) is -0.220. The molecule has 6 heteroatoms. The number of aryl methyl sites for hydroxylation is 1. The van der Waals surface area contributed by atoms with E-state index in [4.69, 9.17) is 10.9 Å². The quantitative estimate of drug-likeness (QED) is 0.307. The lowest BCUT2D eigenvalue weighted by molar-refractivity contribution is 0.0963. The van der Waals surface area contributed by atoms with Crippen LogP contribution in [0.25, 0.3) is 0 Å². The summed E-state index contributed by atoms with van der Waals surface area (Å²) in [7, 11) is 0. The third kappa shape index (κ3) is 3.25. The summed E-state index contributed by atoms with van der Waals surface area (Å²) in [5.41, 5.74) is 5.22. The minimum atomic E-state index is -0.202. The van der Waals surface area contributed by atoms with Crippen LogP contribution in [0.3, 0.4) is 0 Å². The number of amides is 1. The third-order valence-electron chi connectivity index (χ3n) is 1.79. The molecule has 0 radical (unpaired) electrons. The zero-order valence-electron chi connectivity index (χ0n) is 8.36. The SMILES string of the molecule is CCc1ccc(C(=O)NCC(N)=NO)s1. The lowest BCUT2D eigenvalue weighted by Gasteiger charge is -2.00. The molecule has 0 spiro atoms. The molecular formula is C9H13N3O2S. The Balaban J connectivity index is 2.54. The molecule has 82 valence electrons. The molecule has 1 amide bonds. The zero-order chi connectivity index (χ0) is 11.3. The molecule has 0 aromatic carbocycles. The zero-order valence-corrected chi connectivity index (χ0v) is 9.17. The molecule has 0 aliphatic heterocycles. The van der Waals surface area contributed by atoms with Gasteiger partial charge in [0.1, 0.15) is 0 Å². The summed E-state index contributed by atoms with van der Waals surface area (Å²) in [5, 5.41) is 13.6. The largest absolute Gasteiger partial charge is 0.409 e. The van der Waals surface area contributed by atoms with Gasteiger partial charge in [0.2, 0.25) is 0 Å². The summed E-state index contributed by atoms with van der Waals surface area (Å²) < 4.78 is 0. The van der Waals surface area contributed by atoms with Crippen LogP contribution in [0.1, 0.15) is 21.5 Å². The van der Waals surface area contributed by atoms with Gasteiger partial charge in [0.15, 0.2) is 5.84 Å². The number of nitrogens with one attached hydrogen (secondary N) is 1. The van der Waals surface area contributed by atoms with Crippen LogP contribution in [0.2, 0.25) is 0 Å². The second kappa shape index (κ2) is 5.35. The highest BCUT2D eigenvalue weighted by Gasteiger charge is 2.08. The predicted molar refractivity (Wildman–Crippen MR) is 59.4 cm³/mol. The Morgan fingerprint density at radius 1 is 1.67 bits per heavy atom. The molecular weight excluding hydrogens is 214 g/mol. The number of hydrogen-bond donors (Lipinski definition) is 3. The van der Waals surface area contributed by atoms with E-state index in [-0.39, 0.29) is 18.3 Å². The van der Waals surface area contributed by atoms with Crippen LogP contribution in [0.15, 0.2) is 17.3 Å². The fourth-order valence-electron chi connectivity index (χ4n) is 0.983. The van der Waals surface area contributed by atoms with E-state index in [9.17, 15) is 4.79 Å². The molecule has 1 aromatic rings. The third-order valence-corrected chi connectivity index (χ3v) is 3.02. The van der Waals surface area contributed by atoms with E-state index in [1.165, 1.54) is 11.3 Å². The smallest absolute Gasteiger partial charge is 0.261 e. The Morgan fingerprint density at radius 3 is 2.93 bits per heavy atom. The maximum absolute atomic E-state index is 11.5. The van der Waals surface area contributed by atoms with Crippen LogP contribution < -0.4 is 11.1 Å². The topological polar surface area (TPSA) is 87.7 Å². The highest BCUT2D eigenvalue weighted by Crippen LogP contribution is 2.16. The molecule has 0 unspecified atom stereocenters. The molecule has 4 N–H and O–H groups in total. The lowest BCUT2D eigenvalue weighted by Crippen LogP contribution is -2.33. The Bertz CT molecular complexity index is 373. The van der Waals surface area contributed by atoms with E-state index in [0.717, 1.165) is 11.3 Å².